The second-order valence-electron chi connectivity index (χ2n) is 5.80. The maximum absolute atomic E-state index is 12.6. The number of hydrogen-bond donors (Lipinski definition) is 0. The molecular weight excluding hydrogens is 243 g/mol. The molecule has 2 atom stereocenters. The Morgan fingerprint density at radius 3 is 2.28 bits per heavy atom. The number of nitrogens with zero attached hydrogens (tertiary/aromatic N) is 2. The van der Waals surface area contributed by atoms with Gasteiger partial charge >= 0.3 is 8.10 Å². The SMILES string of the molecule is C[C@@H](c1ccccc1)N1CCN(C(C)(C)C)[P+]1=O. The largest absolute Gasteiger partial charge is 0.538 e. The van der Waals surface area contributed by atoms with Crippen molar-refractivity contribution in [2.24, 2.45) is 0 Å². The van der Waals surface area contributed by atoms with Gasteiger partial charge < -0.3 is 0 Å². The van der Waals surface area contributed by atoms with Crippen molar-refractivity contribution in [2.45, 2.75) is 39.3 Å². The molecule has 0 radical (unpaired) electrons. The number of rotatable bonds is 2. The van der Waals surface area contributed by atoms with Crippen LogP contribution >= 0.6 is 8.10 Å². The first kappa shape index (κ1) is 13.7. The zero-order valence-electron chi connectivity index (χ0n) is 11.6. The van der Waals surface area contributed by atoms with Gasteiger partial charge in [-0.2, -0.15) is 0 Å². The Bertz CT molecular complexity index is 427. The lowest BCUT2D eigenvalue weighted by Crippen LogP contribution is -2.34. The Kier molecular flexibility index (Phi) is 3.86. The smallest absolute Gasteiger partial charge is 0.0723 e. The molecule has 1 fully saturated rings. The van der Waals surface area contributed by atoms with Crippen LogP contribution in [0.1, 0.15) is 39.3 Å². The van der Waals surface area contributed by atoms with E-state index in [-0.39, 0.29) is 11.6 Å². The average molecular weight is 265 g/mol. The monoisotopic (exact) mass is 265 g/mol. The zero-order chi connectivity index (χ0) is 13.3. The van der Waals surface area contributed by atoms with Crippen molar-refractivity contribution >= 4 is 8.10 Å². The Labute approximate surface area is 111 Å². The highest BCUT2D eigenvalue weighted by molar-refractivity contribution is 7.39. The van der Waals surface area contributed by atoms with E-state index in [9.17, 15) is 4.57 Å². The highest BCUT2D eigenvalue weighted by Crippen LogP contribution is 2.47. The van der Waals surface area contributed by atoms with Gasteiger partial charge in [-0.25, -0.2) is 0 Å². The lowest BCUT2D eigenvalue weighted by atomic mass is 10.1. The van der Waals surface area contributed by atoms with Crippen LogP contribution in [0, 0.1) is 0 Å². The van der Waals surface area contributed by atoms with Gasteiger partial charge in [0.25, 0.3) is 0 Å². The fourth-order valence-electron chi connectivity index (χ4n) is 2.34. The standard InChI is InChI=1S/C14H22N2OP/c1-12(13-8-6-5-7-9-13)15-10-11-16(18(15)17)14(2,3)4/h5-9,12H,10-11H2,1-4H3/q+1/t12-/m0/s1. The second kappa shape index (κ2) is 5.08. The molecule has 0 spiro atoms. The summed E-state index contributed by atoms with van der Waals surface area (Å²) in [4.78, 5) is 0. The molecule has 0 bridgehead atoms. The van der Waals surface area contributed by atoms with Gasteiger partial charge in [-0.15, -0.1) is 0 Å². The van der Waals surface area contributed by atoms with Crippen LogP contribution in [0.4, 0.5) is 0 Å². The molecular formula is C14H22N2OP+. The van der Waals surface area contributed by atoms with Crippen molar-refractivity contribution in [1.82, 2.24) is 9.34 Å². The predicted molar refractivity (Wildman–Crippen MR) is 75.6 cm³/mol. The second-order valence-corrected chi connectivity index (χ2v) is 7.30. The maximum atomic E-state index is 12.6. The van der Waals surface area contributed by atoms with Crippen LogP contribution in [-0.2, 0) is 4.57 Å². The summed E-state index contributed by atoms with van der Waals surface area (Å²) in [6, 6.07) is 10.5. The molecule has 3 nitrogen and oxygen atoms in total. The zero-order valence-corrected chi connectivity index (χ0v) is 12.5. The molecule has 1 aliphatic rings. The van der Waals surface area contributed by atoms with Crippen LogP contribution in [0.15, 0.2) is 30.3 Å². The van der Waals surface area contributed by atoms with Crippen molar-refractivity contribution in [3.63, 3.8) is 0 Å². The van der Waals surface area contributed by atoms with Gasteiger partial charge in [-0.3, -0.25) is 0 Å². The van der Waals surface area contributed by atoms with E-state index in [1.807, 2.05) is 18.2 Å². The van der Waals surface area contributed by atoms with Crippen molar-refractivity contribution in [2.75, 3.05) is 13.1 Å². The van der Waals surface area contributed by atoms with Crippen LogP contribution < -0.4 is 0 Å². The molecule has 1 aliphatic heterocycles. The molecule has 1 aromatic carbocycles. The van der Waals surface area contributed by atoms with E-state index in [0.717, 1.165) is 13.1 Å². The highest BCUT2D eigenvalue weighted by atomic mass is 31.1. The molecule has 2 rings (SSSR count). The minimum atomic E-state index is -1.43. The molecule has 1 heterocycles. The average Bonchev–Trinajstić information content (AvgIpc) is 2.71. The summed E-state index contributed by atoms with van der Waals surface area (Å²) in [5, 5.41) is 0. The maximum Gasteiger partial charge on any atom is 0.538 e. The van der Waals surface area contributed by atoms with Crippen LogP contribution in [0.3, 0.4) is 0 Å². The molecule has 98 valence electrons. The van der Waals surface area contributed by atoms with Crippen LogP contribution in [0.2, 0.25) is 0 Å². The van der Waals surface area contributed by atoms with E-state index < -0.39 is 8.10 Å². The Morgan fingerprint density at radius 1 is 1.17 bits per heavy atom. The third kappa shape index (κ3) is 2.64. The van der Waals surface area contributed by atoms with Gasteiger partial charge in [0, 0.05) is 0 Å². The van der Waals surface area contributed by atoms with Gasteiger partial charge in [0.2, 0.25) is 0 Å². The fourth-order valence-corrected chi connectivity index (χ4v) is 4.09. The predicted octanol–water partition coefficient (Wildman–Crippen LogP) is 3.82. The summed E-state index contributed by atoms with van der Waals surface area (Å²) in [6.45, 7) is 10.3. The Balaban J connectivity index is 2.15. The van der Waals surface area contributed by atoms with Crippen LogP contribution in [0.5, 0.6) is 0 Å². The van der Waals surface area contributed by atoms with Gasteiger partial charge in [-0.05, 0) is 37.8 Å². The Hall–Kier alpha value is -0.760. The van der Waals surface area contributed by atoms with Crippen molar-refractivity contribution < 1.29 is 4.57 Å². The molecule has 0 amide bonds. The van der Waals surface area contributed by atoms with Gasteiger partial charge in [0.15, 0.2) is 0 Å². The molecule has 1 unspecified atom stereocenters. The topological polar surface area (TPSA) is 23.6 Å². The summed E-state index contributed by atoms with van der Waals surface area (Å²) in [5.74, 6) is 0. The van der Waals surface area contributed by atoms with Crippen LogP contribution in [0.25, 0.3) is 0 Å². The minimum absolute atomic E-state index is 0.0292. The first-order chi connectivity index (χ1) is 8.41. The van der Waals surface area contributed by atoms with Crippen LogP contribution in [-0.4, -0.2) is 28.0 Å². The first-order valence-electron chi connectivity index (χ1n) is 6.47. The van der Waals surface area contributed by atoms with Gasteiger partial charge in [-0.1, -0.05) is 39.7 Å². The Morgan fingerprint density at radius 2 is 1.78 bits per heavy atom. The minimum Gasteiger partial charge on any atom is -0.0723 e. The van der Waals surface area contributed by atoms with E-state index >= 15 is 0 Å². The van der Waals surface area contributed by atoms with E-state index in [2.05, 4.69) is 49.2 Å². The third-order valence-electron chi connectivity index (χ3n) is 3.47. The lowest BCUT2D eigenvalue weighted by molar-refractivity contribution is 0.275. The van der Waals surface area contributed by atoms with Crippen molar-refractivity contribution in [3.8, 4) is 0 Å². The summed E-state index contributed by atoms with van der Waals surface area (Å²) < 4.78 is 16.8. The highest BCUT2D eigenvalue weighted by Gasteiger charge is 2.50. The number of benzene rings is 1. The van der Waals surface area contributed by atoms with E-state index in [1.165, 1.54) is 5.56 Å². The third-order valence-corrected chi connectivity index (χ3v) is 5.67. The molecule has 0 aliphatic carbocycles. The van der Waals surface area contributed by atoms with E-state index in [4.69, 9.17) is 0 Å². The molecule has 4 heteroatoms. The van der Waals surface area contributed by atoms with Gasteiger partial charge in [0.1, 0.15) is 0 Å². The summed E-state index contributed by atoms with van der Waals surface area (Å²) in [5.41, 5.74) is 1.20. The van der Waals surface area contributed by atoms with E-state index in [1.54, 1.807) is 0 Å². The van der Waals surface area contributed by atoms with Crippen molar-refractivity contribution in [1.29, 1.82) is 0 Å². The summed E-state index contributed by atoms with van der Waals surface area (Å²) >= 11 is 0. The normalized spacial score (nSPS) is 22.3. The van der Waals surface area contributed by atoms with E-state index in [0.29, 0.717) is 0 Å². The molecule has 0 N–H and O–H groups in total. The first-order valence-corrected chi connectivity index (χ1v) is 7.64. The summed E-state index contributed by atoms with van der Waals surface area (Å²) in [6.07, 6.45) is 0. The summed E-state index contributed by atoms with van der Waals surface area (Å²) in [7, 11) is -1.43. The molecule has 0 saturated carbocycles. The fraction of sp³-hybridized carbons (Fsp3) is 0.571. The lowest BCUT2D eigenvalue weighted by Gasteiger charge is -2.21. The molecule has 18 heavy (non-hydrogen) atoms. The van der Waals surface area contributed by atoms with Gasteiger partial charge in [0.05, 0.1) is 24.7 Å². The number of hydrogen-bond acceptors (Lipinski definition) is 1. The molecule has 1 saturated heterocycles. The quantitative estimate of drug-likeness (QED) is 0.759. The molecule has 1 aromatic rings. The van der Waals surface area contributed by atoms with Crippen molar-refractivity contribution in [3.05, 3.63) is 35.9 Å². The molecule has 0 aromatic heterocycles.